The summed E-state index contributed by atoms with van der Waals surface area (Å²) in [4.78, 5) is 11.3. The van der Waals surface area contributed by atoms with E-state index in [0.29, 0.717) is 23.7 Å². The number of halogens is 1. The first-order valence-electron chi connectivity index (χ1n) is 8.53. The normalized spacial score (nSPS) is 20.6. The van der Waals surface area contributed by atoms with Gasteiger partial charge in [0.1, 0.15) is 6.54 Å². The van der Waals surface area contributed by atoms with Gasteiger partial charge < -0.3 is 14.7 Å². The highest BCUT2D eigenvalue weighted by atomic mass is 127. The van der Waals surface area contributed by atoms with E-state index in [9.17, 15) is 0 Å². The monoisotopic (exact) mass is 433 g/mol. The Hall–Kier alpha value is -0.860. The lowest BCUT2D eigenvalue weighted by Gasteiger charge is -2.33. The molecule has 1 saturated heterocycles. The highest BCUT2D eigenvalue weighted by Gasteiger charge is 2.39. The zero-order chi connectivity index (χ0) is 15.4. The van der Waals surface area contributed by atoms with Gasteiger partial charge in [0.15, 0.2) is 11.8 Å². The van der Waals surface area contributed by atoms with Crippen molar-refractivity contribution < 1.29 is 4.52 Å². The van der Waals surface area contributed by atoms with Crippen LogP contribution in [0.5, 0.6) is 0 Å². The largest absolute Gasteiger partial charge is 0.357 e. The van der Waals surface area contributed by atoms with Crippen molar-refractivity contribution in [1.29, 1.82) is 0 Å². The minimum Gasteiger partial charge on any atom is -0.357 e. The lowest BCUT2D eigenvalue weighted by molar-refractivity contribution is 0.203. The predicted octanol–water partition coefficient (Wildman–Crippen LogP) is 3.12. The average Bonchev–Trinajstić information content (AvgIpc) is 3.11. The highest BCUT2D eigenvalue weighted by Crippen LogP contribution is 2.43. The molecule has 1 aliphatic heterocycles. The Morgan fingerprint density at radius 3 is 2.74 bits per heavy atom. The lowest BCUT2D eigenvalue weighted by atomic mass is 9.73. The quantitative estimate of drug-likeness (QED) is 0.451. The van der Waals surface area contributed by atoms with Crippen LogP contribution in [-0.4, -0.2) is 40.6 Å². The number of nitrogens with one attached hydrogen (secondary N) is 1. The second-order valence-electron chi connectivity index (χ2n) is 6.63. The summed E-state index contributed by atoms with van der Waals surface area (Å²) in [6, 6.07) is 0. The van der Waals surface area contributed by atoms with Gasteiger partial charge in [-0.05, 0) is 31.6 Å². The first-order chi connectivity index (χ1) is 10.7. The maximum absolute atomic E-state index is 5.01. The number of aryl methyl sites for hydroxylation is 1. The van der Waals surface area contributed by atoms with Crippen molar-refractivity contribution in [2.75, 3.05) is 19.6 Å². The molecule has 7 heteroatoms. The summed E-state index contributed by atoms with van der Waals surface area (Å²) < 4.78 is 5.01. The van der Waals surface area contributed by atoms with Crippen LogP contribution >= 0.6 is 24.0 Å². The van der Waals surface area contributed by atoms with Crippen molar-refractivity contribution in [2.24, 2.45) is 10.4 Å². The zero-order valence-corrected chi connectivity index (χ0v) is 16.5. The van der Waals surface area contributed by atoms with Crippen molar-refractivity contribution in [3.05, 3.63) is 11.7 Å². The third-order valence-electron chi connectivity index (χ3n) is 4.93. The van der Waals surface area contributed by atoms with E-state index in [2.05, 4.69) is 27.3 Å². The molecule has 0 amide bonds. The number of aromatic nitrogens is 2. The number of likely N-dealkylation sites (tertiary alicyclic amines) is 1. The van der Waals surface area contributed by atoms with Crippen LogP contribution in [0.25, 0.3) is 0 Å². The van der Waals surface area contributed by atoms with Crippen LogP contribution in [0.3, 0.4) is 0 Å². The van der Waals surface area contributed by atoms with E-state index in [1.165, 1.54) is 38.5 Å². The number of hydrogen-bond acceptors (Lipinski definition) is 4. The molecule has 1 saturated carbocycles. The molecule has 2 heterocycles. The Bertz CT molecular complexity index is 524. The summed E-state index contributed by atoms with van der Waals surface area (Å²) in [7, 11) is 0. The predicted molar refractivity (Wildman–Crippen MR) is 101 cm³/mol. The molecule has 130 valence electrons. The number of aliphatic imine (C=N–C) groups is 1. The summed E-state index contributed by atoms with van der Waals surface area (Å²) in [5.74, 6) is 2.24. The fraction of sp³-hybridized carbons (Fsp3) is 0.812. The SMILES string of the molecule is CCNC(=NCc1noc(C)n1)N1CCC2(CCCCC2)C1.I. The van der Waals surface area contributed by atoms with Gasteiger partial charge in [0.2, 0.25) is 5.89 Å². The first-order valence-corrected chi connectivity index (χ1v) is 8.53. The molecule has 2 aliphatic rings. The summed E-state index contributed by atoms with van der Waals surface area (Å²) in [6.07, 6.45) is 8.26. The highest BCUT2D eigenvalue weighted by molar-refractivity contribution is 14.0. The Morgan fingerprint density at radius 1 is 1.30 bits per heavy atom. The maximum atomic E-state index is 5.01. The third-order valence-corrected chi connectivity index (χ3v) is 4.93. The van der Waals surface area contributed by atoms with E-state index in [1.807, 2.05) is 0 Å². The Kier molecular flexibility index (Phi) is 6.67. The van der Waals surface area contributed by atoms with Crippen LogP contribution in [0.15, 0.2) is 9.52 Å². The third kappa shape index (κ3) is 4.58. The molecule has 1 N–H and O–H groups in total. The minimum absolute atomic E-state index is 0. The lowest BCUT2D eigenvalue weighted by Crippen LogP contribution is -2.41. The molecular weight excluding hydrogens is 405 g/mol. The molecule has 1 aliphatic carbocycles. The van der Waals surface area contributed by atoms with E-state index in [0.717, 1.165) is 25.6 Å². The van der Waals surface area contributed by atoms with Crippen LogP contribution in [0, 0.1) is 12.3 Å². The van der Waals surface area contributed by atoms with Crippen molar-refractivity contribution >= 4 is 29.9 Å². The Balaban J connectivity index is 0.00000192. The fourth-order valence-electron chi connectivity index (χ4n) is 3.80. The standard InChI is InChI=1S/C16H27N5O.HI/c1-3-17-15(18-11-14-19-13(2)22-20-14)21-10-9-16(12-21)7-5-4-6-8-16;/h3-12H2,1-2H3,(H,17,18);1H. The molecule has 2 fully saturated rings. The first kappa shape index (κ1) is 18.5. The van der Waals surface area contributed by atoms with E-state index in [4.69, 9.17) is 9.52 Å². The van der Waals surface area contributed by atoms with E-state index in [1.54, 1.807) is 6.92 Å². The van der Waals surface area contributed by atoms with Crippen LogP contribution in [0.4, 0.5) is 0 Å². The van der Waals surface area contributed by atoms with Gasteiger partial charge in [-0.2, -0.15) is 4.98 Å². The maximum Gasteiger partial charge on any atom is 0.223 e. The molecule has 1 aromatic heterocycles. The summed E-state index contributed by atoms with van der Waals surface area (Å²) in [5, 5.41) is 7.33. The van der Waals surface area contributed by atoms with Crippen LogP contribution < -0.4 is 5.32 Å². The van der Waals surface area contributed by atoms with Crippen molar-refractivity contribution in [2.45, 2.75) is 58.9 Å². The van der Waals surface area contributed by atoms with Gasteiger partial charge in [-0.25, -0.2) is 4.99 Å². The molecule has 0 aromatic carbocycles. The van der Waals surface area contributed by atoms with Gasteiger partial charge in [0.05, 0.1) is 0 Å². The van der Waals surface area contributed by atoms with E-state index >= 15 is 0 Å². The number of hydrogen-bond donors (Lipinski definition) is 1. The van der Waals surface area contributed by atoms with E-state index < -0.39 is 0 Å². The molecule has 0 atom stereocenters. The van der Waals surface area contributed by atoms with Gasteiger partial charge in [-0.1, -0.05) is 24.4 Å². The molecule has 23 heavy (non-hydrogen) atoms. The van der Waals surface area contributed by atoms with E-state index in [-0.39, 0.29) is 24.0 Å². The molecule has 1 aromatic rings. The molecule has 1 spiro atoms. The van der Waals surface area contributed by atoms with Crippen molar-refractivity contribution in [3.8, 4) is 0 Å². The van der Waals surface area contributed by atoms with Crippen molar-refractivity contribution in [1.82, 2.24) is 20.4 Å². The second kappa shape index (κ2) is 8.30. The molecule has 6 nitrogen and oxygen atoms in total. The molecule has 0 bridgehead atoms. The summed E-state index contributed by atoms with van der Waals surface area (Å²) in [6.45, 7) is 7.52. The van der Waals surface area contributed by atoms with Gasteiger partial charge in [-0.15, -0.1) is 24.0 Å². The Morgan fingerprint density at radius 2 is 2.09 bits per heavy atom. The summed E-state index contributed by atoms with van der Waals surface area (Å²) in [5.41, 5.74) is 0.539. The summed E-state index contributed by atoms with van der Waals surface area (Å²) >= 11 is 0. The fourth-order valence-corrected chi connectivity index (χ4v) is 3.80. The number of rotatable bonds is 3. The molecule has 3 rings (SSSR count). The van der Waals surface area contributed by atoms with Crippen LogP contribution in [-0.2, 0) is 6.54 Å². The van der Waals surface area contributed by atoms with Crippen LogP contribution in [0.1, 0.15) is 57.2 Å². The topological polar surface area (TPSA) is 66.5 Å². The van der Waals surface area contributed by atoms with Gasteiger partial charge >= 0.3 is 0 Å². The van der Waals surface area contributed by atoms with Gasteiger partial charge in [0, 0.05) is 26.6 Å². The minimum atomic E-state index is 0. The smallest absolute Gasteiger partial charge is 0.223 e. The Labute approximate surface area is 155 Å². The number of nitrogens with zero attached hydrogens (tertiary/aromatic N) is 4. The van der Waals surface area contributed by atoms with Gasteiger partial charge in [0.25, 0.3) is 0 Å². The van der Waals surface area contributed by atoms with Crippen LogP contribution in [0.2, 0.25) is 0 Å². The second-order valence-corrected chi connectivity index (χ2v) is 6.63. The zero-order valence-electron chi connectivity index (χ0n) is 14.2. The molecular formula is C16H28IN5O. The van der Waals surface area contributed by atoms with Gasteiger partial charge in [-0.3, -0.25) is 0 Å². The molecule has 0 radical (unpaired) electrons. The number of guanidine groups is 1. The molecule has 0 unspecified atom stereocenters. The van der Waals surface area contributed by atoms with Crippen molar-refractivity contribution in [3.63, 3.8) is 0 Å². The average molecular weight is 433 g/mol.